The number of rotatable bonds is 6. The van der Waals surface area contributed by atoms with Crippen LogP contribution in [0.15, 0.2) is 52.1 Å². The molecule has 2 atom stereocenters. The maximum atomic E-state index is 14.2. The maximum Gasteiger partial charge on any atom is 0.338 e. The lowest BCUT2D eigenvalue weighted by molar-refractivity contribution is -0.137. The van der Waals surface area contributed by atoms with Crippen molar-refractivity contribution in [1.82, 2.24) is 15.2 Å². The molecule has 1 aromatic carbocycles. The van der Waals surface area contributed by atoms with Crippen LogP contribution in [0.4, 0.5) is 13.2 Å². The van der Waals surface area contributed by atoms with Crippen LogP contribution in [0, 0.1) is 5.82 Å². The zero-order valence-corrected chi connectivity index (χ0v) is 19.2. The summed E-state index contributed by atoms with van der Waals surface area (Å²) in [6.45, 7) is 0.705. The van der Waals surface area contributed by atoms with Crippen molar-refractivity contribution >= 4 is 29.0 Å². The minimum atomic E-state index is -3.12. The van der Waals surface area contributed by atoms with Gasteiger partial charge in [-0.1, -0.05) is 12.1 Å². The Morgan fingerprint density at radius 1 is 1.32 bits per heavy atom. The van der Waals surface area contributed by atoms with Crippen LogP contribution in [0.25, 0.3) is 0 Å². The number of nitrogens with zero attached hydrogens (tertiary/aromatic N) is 3. The van der Waals surface area contributed by atoms with Gasteiger partial charge in [-0.2, -0.15) is 0 Å². The number of aromatic nitrogens is 1. The molecule has 4 rings (SSSR count). The Morgan fingerprint density at radius 2 is 2.03 bits per heavy atom. The van der Waals surface area contributed by atoms with Crippen LogP contribution in [-0.4, -0.2) is 59.8 Å². The van der Waals surface area contributed by atoms with Crippen molar-refractivity contribution in [3.05, 3.63) is 63.5 Å². The molecule has 2 aliphatic rings. The number of amidine groups is 1. The van der Waals surface area contributed by atoms with Crippen molar-refractivity contribution in [2.45, 2.75) is 30.8 Å². The molecule has 3 N–H and O–H groups in total. The lowest BCUT2D eigenvalue weighted by Gasteiger charge is -2.36. The number of primary amides is 1. The van der Waals surface area contributed by atoms with Gasteiger partial charge in [-0.3, -0.25) is 9.69 Å². The number of thiazole rings is 1. The van der Waals surface area contributed by atoms with Gasteiger partial charge in [0, 0.05) is 30.2 Å². The van der Waals surface area contributed by atoms with Crippen molar-refractivity contribution in [3.8, 4) is 0 Å². The summed E-state index contributed by atoms with van der Waals surface area (Å²) < 4.78 is 47.1. The normalized spacial score (nSPS) is 24.5. The topological polar surface area (TPSA) is 110 Å². The van der Waals surface area contributed by atoms with Crippen molar-refractivity contribution in [1.29, 1.82) is 0 Å². The van der Waals surface area contributed by atoms with Gasteiger partial charge in [-0.05, 0) is 24.6 Å². The number of esters is 1. The van der Waals surface area contributed by atoms with Gasteiger partial charge in [0.25, 0.3) is 5.92 Å². The first-order valence-electron chi connectivity index (χ1n) is 10.3. The molecule has 1 aromatic heterocycles. The second-order valence-corrected chi connectivity index (χ2v) is 9.12. The average Bonchev–Trinajstić information content (AvgIpc) is 3.41. The van der Waals surface area contributed by atoms with E-state index in [0.717, 1.165) is 0 Å². The van der Waals surface area contributed by atoms with E-state index in [4.69, 9.17) is 15.5 Å². The van der Waals surface area contributed by atoms with Crippen LogP contribution in [0.3, 0.4) is 0 Å². The number of carbonyl (C=O) groups excluding carboxylic acids is 2. The van der Waals surface area contributed by atoms with Gasteiger partial charge in [-0.15, -0.1) is 11.3 Å². The fourth-order valence-electron chi connectivity index (χ4n) is 4.31. The molecule has 0 spiro atoms. The van der Waals surface area contributed by atoms with Crippen LogP contribution in [-0.2, 0) is 19.9 Å². The highest BCUT2D eigenvalue weighted by Gasteiger charge is 2.49. The zero-order valence-electron chi connectivity index (χ0n) is 18.3. The highest BCUT2D eigenvalue weighted by atomic mass is 32.1. The van der Waals surface area contributed by atoms with E-state index in [9.17, 15) is 22.8 Å². The molecule has 12 heteroatoms. The predicted molar refractivity (Wildman–Crippen MR) is 119 cm³/mol. The van der Waals surface area contributed by atoms with Crippen molar-refractivity contribution < 1.29 is 27.5 Å². The number of hydrogen-bond acceptors (Lipinski definition) is 8. The molecule has 34 heavy (non-hydrogen) atoms. The van der Waals surface area contributed by atoms with Gasteiger partial charge >= 0.3 is 5.97 Å². The summed E-state index contributed by atoms with van der Waals surface area (Å²) in [7, 11) is 1.19. The fraction of sp³-hybridized carbons (Fsp3) is 0.364. The third kappa shape index (κ3) is 4.42. The van der Waals surface area contributed by atoms with Gasteiger partial charge in [0.1, 0.15) is 11.4 Å². The molecule has 180 valence electrons. The van der Waals surface area contributed by atoms with Crippen LogP contribution in [0.1, 0.15) is 23.9 Å². The number of nitrogens with two attached hydrogens (primary N) is 1. The van der Waals surface area contributed by atoms with E-state index in [2.05, 4.69) is 10.3 Å². The largest absolute Gasteiger partial charge is 0.466 e. The zero-order chi connectivity index (χ0) is 24.7. The number of ether oxygens (including phenoxy) is 1. The molecule has 0 bridgehead atoms. The van der Waals surface area contributed by atoms with E-state index in [1.54, 1.807) is 18.5 Å². The van der Waals surface area contributed by atoms with E-state index in [0.29, 0.717) is 16.4 Å². The molecule has 1 fully saturated rings. The van der Waals surface area contributed by atoms with Crippen LogP contribution < -0.4 is 11.1 Å². The van der Waals surface area contributed by atoms with Gasteiger partial charge in [0.05, 0.1) is 25.3 Å². The third-order valence-corrected chi connectivity index (χ3v) is 6.66. The SMILES string of the molecule is COC(=O)C1=C(CN2CC(F)(F)CC2C(N)=O)NC(c2nccs2)=NC1(C)c1ccc(F)cc1. The Bertz CT molecular complexity index is 1170. The molecule has 8 nitrogen and oxygen atoms in total. The van der Waals surface area contributed by atoms with E-state index >= 15 is 0 Å². The molecule has 1 saturated heterocycles. The summed E-state index contributed by atoms with van der Waals surface area (Å²) in [5, 5.41) is 5.26. The van der Waals surface area contributed by atoms with E-state index in [1.807, 2.05) is 0 Å². The number of alkyl halides is 2. The standard InChI is InChI=1S/C22H22F3N5O3S/c1-21(12-3-5-13(23)6-4-12)16(20(32)33-2)14(28-18(29-21)19-27-7-8-34-19)10-30-11-22(24,25)9-15(30)17(26)31/h3-8,15H,9-11H2,1-2H3,(H2,26,31)(H,28,29). The van der Waals surface area contributed by atoms with Crippen molar-refractivity contribution in [3.63, 3.8) is 0 Å². The smallest absolute Gasteiger partial charge is 0.338 e. The highest BCUT2D eigenvalue weighted by molar-refractivity contribution is 7.11. The number of halogens is 3. The Hall–Kier alpha value is -3.25. The summed E-state index contributed by atoms with van der Waals surface area (Å²) in [6.07, 6.45) is 0.856. The van der Waals surface area contributed by atoms with Crippen molar-refractivity contribution in [2.24, 2.45) is 10.7 Å². The predicted octanol–water partition coefficient (Wildman–Crippen LogP) is 2.17. The van der Waals surface area contributed by atoms with Crippen molar-refractivity contribution in [2.75, 3.05) is 20.2 Å². The molecule has 2 aliphatic heterocycles. The first kappa shape index (κ1) is 23.9. The van der Waals surface area contributed by atoms with Gasteiger partial charge in [0.15, 0.2) is 10.8 Å². The lowest BCUT2D eigenvalue weighted by atomic mass is 9.82. The molecule has 0 radical (unpaired) electrons. The summed E-state index contributed by atoms with van der Waals surface area (Å²) >= 11 is 1.28. The maximum absolute atomic E-state index is 14.2. The molecule has 2 aromatic rings. The fourth-order valence-corrected chi connectivity index (χ4v) is 4.89. The van der Waals surface area contributed by atoms with Gasteiger partial charge in [0.2, 0.25) is 5.91 Å². The van der Waals surface area contributed by atoms with E-state index < -0.39 is 48.2 Å². The highest BCUT2D eigenvalue weighted by Crippen LogP contribution is 2.40. The molecular formula is C22H22F3N5O3S. The van der Waals surface area contributed by atoms with Gasteiger partial charge in [-0.25, -0.2) is 27.9 Å². The summed E-state index contributed by atoms with van der Waals surface area (Å²) in [4.78, 5) is 35.1. The number of carbonyl (C=O) groups is 2. The molecule has 0 aliphatic carbocycles. The summed E-state index contributed by atoms with van der Waals surface area (Å²) in [5.74, 6) is -4.93. The van der Waals surface area contributed by atoms with E-state index in [1.165, 1.54) is 47.6 Å². The number of methoxy groups -OCH3 is 1. The Kier molecular flexibility index (Phi) is 6.21. The summed E-state index contributed by atoms with van der Waals surface area (Å²) in [5.41, 5.74) is 4.75. The number of nitrogens with one attached hydrogen (secondary N) is 1. The van der Waals surface area contributed by atoms with Gasteiger partial charge < -0.3 is 15.8 Å². The van der Waals surface area contributed by atoms with E-state index in [-0.39, 0.29) is 17.8 Å². The Labute approximate surface area is 197 Å². The second-order valence-electron chi connectivity index (χ2n) is 8.23. The monoisotopic (exact) mass is 493 g/mol. The van der Waals surface area contributed by atoms with Crippen LogP contribution >= 0.6 is 11.3 Å². The quantitative estimate of drug-likeness (QED) is 0.597. The summed E-state index contributed by atoms with van der Waals surface area (Å²) in [6, 6.07) is 4.23. The first-order valence-corrected chi connectivity index (χ1v) is 11.2. The Balaban J connectivity index is 1.86. The molecule has 1 amide bonds. The first-order chi connectivity index (χ1) is 16.0. The number of hydrogen-bond donors (Lipinski definition) is 2. The average molecular weight is 494 g/mol. The van der Waals surface area contributed by atoms with Crippen LogP contribution in [0.5, 0.6) is 0 Å². The number of likely N-dealkylation sites (tertiary alicyclic amines) is 1. The molecule has 3 heterocycles. The minimum Gasteiger partial charge on any atom is -0.466 e. The lowest BCUT2D eigenvalue weighted by Crippen LogP contribution is -2.47. The molecular weight excluding hydrogens is 471 g/mol. The molecule has 2 unspecified atom stereocenters. The number of aliphatic imine (C=N–C) groups is 1. The van der Waals surface area contributed by atoms with Crippen LogP contribution in [0.2, 0.25) is 0 Å². The Morgan fingerprint density at radius 3 is 2.62 bits per heavy atom. The number of benzene rings is 1. The molecule has 0 saturated carbocycles. The second kappa shape index (κ2) is 8.84. The number of amides is 1. The minimum absolute atomic E-state index is 0.0420. The third-order valence-electron chi connectivity index (χ3n) is 5.88.